The zero-order valence-corrected chi connectivity index (χ0v) is 11.2. The van der Waals surface area contributed by atoms with Gasteiger partial charge in [0.15, 0.2) is 0 Å². The van der Waals surface area contributed by atoms with Gasteiger partial charge in [0.05, 0.1) is 24.9 Å². The van der Waals surface area contributed by atoms with Gasteiger partial charge in [0.2, 0.25) is 5.91 Å². The van der Waals surface area contributed by atoms with E-state index in [1.54, 1.807) is 0 Å². The second-order valence-corrected chi connectivity index (χ2v) is 5.71. The molecule has 1 unspecified atom stereocenters. The van der Waals surface area contributed by atoms with E-state index in [2.05, 4.69) is 17.1 Å². The van der Waals surface area contributed by atoms with Crippen LogP contribution in [0.25, 0.3) is 0 Å². The molecule has 0 aromatic heterocycles. The minimum atomic E-state index is -0.154. The van der Waals surface area contributed by atoms with Crippen LogP contribution in [0.1, 0.15) is 26.2 Å². The lowest BCUT2D eigenvalue weighted by Crippen LogP contribution is -2.40. The summed E-state index contributed by atoms with van der Waals surface area (Å²) in [4.78, 5) is 16.7. The fraction of sp³-hybridized carbons (Fsp3) is 0.923. The maximum absolute atomic E-state index is 12.2. The van der Waals surface area contributed by atoms with Crippen molar-refractivity contribution < 1.29 is 9.53 Å². The van der Waals surface area contributed by atoms with Crippen molar-refractivity contribution in [3.63, 3.8) is 0 Å². The summed E-state index contributed by atoms with van der Waals surface area (Å²) in [6.45, 7) is 7.82. The van der Waals surface area contributed by atoms with Crippen LogP contribution >= 0.6 is 0 Å². The van der Waals surface area contributed by atoms with Gasteiger partial charge in [0.25, 0.3) is 0 Å². The molecule has 2 heterocycles. The van der Waals surface area contributed by atoms with E-state index in [1.165, 1.54) is 0 Å². The zero-order valence-electron chi connectivity index (χ0n) is 11.2. The van der Waals surface area contributed by atoms with E-state index in [0.717, 1.165) is 58.7 Å². The third kappa shape index (κ3) is 2.27. The number of rotatable bonds is 4. The number of amides is 1. The van der Waals surface area contributed by atoms with Crippen LogP contribution in [0.4, 0.5) is 0 Å². The van der Waals surface area contributed by atoms with Gasteiger partial charge in [-0.1, -0.05) is 0 Å². The van der Waals surface area contributed by atoms with Crippen molar-refractivity contribution in [3.8, 4) is 0 Å². The van der Waals surface area contributed by atoms with Crippen LogP contribution in [0.2, 0.25) is 0 Å². The molecule has 3 aliphatic rings. The number of hydrogen-bond acceptors (Lipinski definition) is 4. The monoisotopic (exact) mass is 253 g/mol. The maximum atomic E-state index is 12.2. The van der Waals surface area contributed by atoms with Crippen LogP contribution in [0.3, 0.4) is 0 Å². The quantitative estimate of drug-likeness (QED) is 0.767. The molecule has 18 heavy (non-hydrogen) atoms. The van der Waals surface area contributed by atoms with Crippen molar-refractivity contribution in [2.24, 2.45) is 0 Å². The molecule has 1 spiro atoms. The Morgan fingerprint density at radius 3 is 2.67 bits per heavy atom. The van der Waals surface area contributed by atoms with Crippen LogP contribution in [0.15, 0.2) is 0 Å². The van der Waals surface area contributed by atoms with Gasteiger partial charge < -0.3 is 9.64 Å². The van der Waals surface area contributed by atoms with Gasteiger partial charge in [-0.2, -0.15) is 0 Å². The molecule has 2 saturated heterocycles. The first-order valence-electron chi connectivity index (χ1n) is 7.10. The molecule has 3 rings (SSSR count). The van der Waals surface area contributed by atoms with E-state index in [1.807, 2.05) is 4.90 Å². The molecule has 1 N–H and O–H groups in total. The summed E-state index contributed by atoms with van der Waals surface area (Å²) < 4.78 is 5.33. The molecule has 0 bridgehead atoms. The summed E-state index contributed by atoms with van der Waals surface area (Å²) in [5.41, 5.74) is -0.154. The normalized spacial score (nSPS) is 31.3. The van der Waals surface area contributed by atoms with Crippen LogP contribution in [0, 0.1) is 0 Å². The molecule has 5 nitrogen and oxygen atoms in total. The van der Waals surface area contributed by atoms with E-state index in [4.69, 9.17) is 4.74 Å². The number of nitrogens with zero attached hydrogens (tertiary/aromatic N) is 2. The molecule has 0 aromatic rings. The van der Waals surface area contributed by atoms with E-state index in [9.17, 15) is 4.79 Å². The largest absolute Gasteiger partial charge is 0.379 e. The zero-order chi connectivity index (χ0) is 12.6. The highest BCUT2D eigenvalue weighted by Gasteiger charge is 2.57. The van der Waals surface area contributed by atoms with Crippen LogP contribution in [-0.4, -0.2) is 66.8 Å². The molecule has 5 heteroatoms. The van der Waals surface area contributed by atoms with Gasteiger partial charge in [-0.25, -0.2) is 0 Å². The second kappa shape index (κ2) is 4.79. The van der Waals surface area contributed by atoms with Crippen molar-refractivity contribution in [1.29, 1.82) is 0 Å². The molecular weight excluding hydrogens is 230 g/mol. The predicted molar refractivity (Wildman–Crippen MR) is 68.2 cm³/mol. The van der Waals surface area contributed by atoms with Crippen LogP contribution < -0.4 is 5.32 Å². The number of carbonyl (C=O) groups excluding carboxylic acids is 1. The summed E-state index contributed by atoms with van der Waals surface area (Å²) in [5.74, 6) is 0.331. The molecule has 1 saturated carbocycles. The highest BCUT2D eigenvalue weighted by atomic mass is 16.5. The Morgan fingerprint density at radius 2 is 2.06 bits per heavy atom. The fourth-order valence-corrected chi connectivity index (χ4v) is 3.06. The summed E-state index contributed by atoms with van der Waals surface area (Å²) in [5, 5.41) is 3.44. The summed E-state index contributed by atoms with van der Waals surface area (Å²) in [6.07, 6.45) is 3.32. The molecule has 102 valence electrons. The predicted octanol–water partition coefficient (Wildman–Crippen LogP) is 0.0191. The summed E-state index contributed by atoms with van der Waals surface area (Å²) in [6, 6.07) is 0. The van der Waals surface area contributed by atoms with Crippen molar-refractivity contribution in [2.45, 2.75) is 37.9 Å². The van der Waals surface area contributed by atoms with Crippen LogP contribution in [0.5, 0.6) is 0 Å². The third-order valence-corrected chi connectivity index (χ3v) is 4.35. The Kier molecular flexibility index (Phi) is 3.30. The molecule has 0 radical (unpaired) electrons. The number of morpholine rings is 1. The molecule has 2 aliphatic heterocycles. The first-order valence-corrected chi connectivity index (χ1v) is 7.10. The molecule has 3 fully saturated rings. The minimum absolute atomic E-state index is 0.154. The average molecular weight is 253 g/mol. The van der Waals surface area contributed by atoms with Crippen LogP contribution in [-0.2, 0) is 9.53 Å². The number of nitrogens with one attached hydrogen (secondary N) is 1. The first-order chi connectivity index (χ1) is 8.71. The Labute approximate surface area is 108 Å². The van der Waals surface area contributed by atoms with Gasteiger partial charge >= 0.3 is 0 Å². The Morgan fingerprint density at radius 1 is 1.33 bits per heavy atom. The lowest BCUT2D eigenvalue weighted by molar-refractivity contribution is -0.130. The van der Waals surface area contributed by atoms with E-state index in [-0.39, 0.29) is 11.7 Å². The lowest BCUT2D eigenvalue weighted by Gasteiger charge is -2.28. The smallest absolute Gasteiger partial charge is 0.244 e. The minimum Gasteiger partial charge on any atom is -0.379 e. The Balaban J connectivity index is 1.44. The summed E-state index contributed by atoms with van der Waals surface area (Å²) >= 11 is 0. The van der Waals surface area contributed by atoms with Crippen molar-refractivity contribution in [2.75, 3.05) is 39.4 Å². The highest BCUT2D eigenvalue weighted by molar-refractivity contribution is 5.91. The van der Waals surface area contributed by atoms with E-state index in [0.29, 0.717) is 5.91 Å². The number of carbonyl (C=O) groups is 1. The average Bonchev–Trinajstić information content (AvgIpc) is 3.11. The van der Waals surface area contributed by atoms with Gasteiger partial charge in [-0.15, -0.1) is 0 Å². The van der Waals surface area contributed by atoms with E-state index < -0.39 is 0 Å². The standard InChI is InChI=1S/C13H23N3O2/c1-11-14-13(3-4-13)12(17)16(11)6-2-5-15-7-9-18-10-8-15/h11,14H,2-10H2,1H3. The molecule has 1 amide bonds. The Hall–Kier alpha value is -0.650. The third-order valence-electron chi connectivity index (χ3n) is 4.35. The summed E-state index contributed by atoms with van der Waals surface area (Å²) in [7, 11) is 0. The lowest BCUT2D eigenvalue weighted by atomic mass is 10.2. The van der Waals surface area contributed by atoms with Gasteiger partial charge in [0.1, 0.15) is 0 Å². The van der Waals surface area contributed by atoms with Crippen molar-refractivity contribution in [1.82, 2.24) is 15.1 Å². The highest BCUT2D eigenvalue weighted by Crippen LogP contribution is 2.41. The first kappa shape index (κ1) is 12.4. The Bertz CT molecular complexity index is 324. The molecular formula is C13H23N3O2. The maximum Gasteiger partial charge on any atom is 0.244 e. The van der Waals surface area contributed by atoms with Gasteiger partial charge in [0, 0.05) is 26.2 Å². The van der Waals surface area contributed by atoms with Gasteiger partial charge in [-0.05, 0) is 26.2 Å². The van der Waals surface area contributed by atoms with Crippen molar-refractivity contribution >= 4 is 5.91 Å². The molecule has 1 atom stereocenters. The fourth-order valence-electron chi connectivity index (χ4n) is 3.06. The number of hydrogen-bond donors (Lipinski definition) is 1. The molecule has 1 aliphatic carbocycles. The number of ether oxygens (including phenoxy) is 1. The topological polar surface area (TPSA) is 44.8 Å². The molecule has 0 aromatic carbocycles. The van der Waals surface area contributed by atoms with Gasteiger partial charge in [-0.3, -0.25) is 15.0 Å². The van der Waals surface area contributed by atoms with E-state index >= 15 is 0 Å². The van der Waals surface area contributed by atoms with Crippen molar-refractivity contribution in [3.05, 3.63) is 0 Å². The second-order valence-electron chi connectivity index (χ2n) is 5.71. The SMILES string of the molecule is CC1NC2(CC2)C(=O)N1CCCN1CCOCC1.